The summed E-state index contributed by atoms with van der Waals surface area (Å²) in [6, 6.07) is 8.59. The van der Waals surface area contributed by atoms with Gasteiger partial charge in [0, 0.05) is 14.5 Å². The number of aromatic hydroxyl groups is 1. The van der Waals surface area contributed by atoms with E-state index in [0.717, 1.165) is 16.7 Å². The van der Waals surface area contributed by atoms with Crippen LogP contribution in [0.15, 0.2) is 44.2 Å². The molecule has 6 nitrogen and oxygen atoms in total. The molecule has 2 aromatic carbocycles. The van der Waals surface area contributed by atoms with Crippen molar-refractivity contribution >= 4 is 72.4 Å². The van der Waals surface area contributed by atoms with Gasteiger partial charge in [0.1, 0.15) is 12.4 Å². The molecule has 1 saturated heterocycles. The number of hydrogen-bond donors (Lipinski definition) is 1. The molecule has 30 heavy (non-hydrogen) atoms. The quantitative estimate of drug-likeness (QED) is 0.402. The molecule has 0 radical (unpaired) electrons. The zero-order valence-electron chi connectivity index (χ0n) is 15.7. The Bertz CT molecular complexity index is 1030. The van der Waals surface area contributed by atoms with Gasteiger partial charge in [-0.2, -0.15) is 0 Å². The van der Waals surface area contributed by atoms with Crippen molar-refractivity contribution in [3.05, 3.63) is 54.8 Å². The second-order valence-electron chi connectivity index (χ2n) is 5.98. The summed E-state index contributed by atoms with van der Waals surface area (Å²) in [5.41, 5.74) is 0.339. The van der Waals surface area contributed by atoms with E-state index < -0.39 is 11.1 Å². The third-order valence-electron chi connectivity index (χ3n) is 4.05. The first kappa shape index (κ1) is 23.0. The zero-order chi connectivity index (χ0) is 21.8. The van der Waals surface area contributed by atoms with Crippen molar-refractivity contribution in [1.82, 2.24) is 4.90 Å². The molecule has 1 fully saturated rings. The number of hydrogen-bond acceptors (Lipinski definition) is 6. The molecule has 158 valence electrons. The molecule has 0 saturated carbocycles. The van der Waals surface area contributed by atoms with Crippen molar-refractivity contribution in [2.75, 3.05) is 19.8 Å². The van der Waals surface area contributed by atoms with Gasteiger partial charge >= 0.3 is 0 Å². The molecular weight excluding hydrogens is 562 g/mol. The van der Waals surface area contributed by atoms with E-state index in [2.05, 4.69) is 31.9 Å². The highest BCUT2D eigenvalue weighted by molar-refractivity contribution is 9.13. The SMILES string of the molecule is CCOc1cc(Br)c(Br)c(/C=C2\SC(=O)N(CCOc3ccccc3Cl)C2=O)c1O. The molecule has 10 heteroatoms. The van der Waals surface area contributed by atoms with Crippen LogP contribution in [0.1, 0.15) is 12.5 Å². The standard InChI is InChI=1S/C20H16Br2ClNO5S/c1-2-28-15-10-12(21)17(22)11(18(15)25)9-16-19(26)24(20(27)30-16)7-8-29-14-6-4-3-5-13(14)23/h3-6,9-10,25H,2,7-8H2,1H3/b16-9-. The van der Waals surface area contributed by atoms with Crippen LogP contribution >= 0.6 is 55.2 Å². The van der Waals surface area contributed by atoms with Crippen LogP contribution in [0, 0.1) is 0 Å². The molecule has 0 spiro atoms. The molecule has 1 aliphatic heterocycles. The van der Waals surface area contributed by atoms with Gasteiger partial charge in [-0.05, 0) is 74.8 Å². The van der Waals surface area contributed by atoms with Crippen molar-refractivity contribution in [3.8, 4) is 17.2 Å². The summed E-state index contributed by atoms with van der Waals surface area (Å²) >= 11 is 13.6. The molecule has 0 atom stereocenters. The van der Waals surface area contributed by atoms with E-state index in [9.17, 15) is 14.7 Å². The van der Waals surface area contributed by atoms with E-state index >= 15 is 0 Å². The Morgan fingerprint density at radius 3 is 2.63 bits per heavy atom. The van der Waals surface area contributed by atoms with Crippen LogP contribution in [0.4, 0.5) is 4.79 Å². The molecule has 0 aliphatic carbocycles. The van der Waals surface area contributed by atoms with Gasteiger partial charge < -0.3 is 14.6 Å². The number of carbonyl (C=O) groups is 2. The highest BCUT2D eigenvalue weighted by atomic mass is 79.9. The number of ether oxygens (including phenoxy) is 2. The summed E-state index contributed by atoms with van der Waals surface area (Å²) in [7, 11) is 0. The van der Waals surface area contributed by atoms with Crippen LogP contribution in [0.3, 0.4) is 0 Å². The molecule has 1 aliphatic rings. The number of phenols is 1. The Kier molecular flexibility index (Phi) is 7.73. The Morgan fingerprint density at radius 2 is 1.93 bits per heavy atom. The zero-order valence-corrected chi connectivity index (χ0v) is 20.4. The Labute approximate surface area is 199 Å². The van der Waals surface area contributed by atoms with Crippen molar-refractivity contribution in [3.63, 3.8) is 0 Å². The molecule has 1 heterocycles. The maximum Gasteiger partial charge on any atom is 0.293 e. The summed E-state index contributed by atoms with van der Waals surface area (Å²) in [5.74, 6) is 0.164. The van der Waals surface area contributed by atoms with Gasteiger partial charge in [-0.25, -0.2) is 0 Å². The van der Waals surface area contributed by atoms with Gasteiger partial charge in [-0.3, -0.25) is 14.5 Å². The number of nitrogens with zero attached hydrogens (tertiary/aromatic N) is 1. The first-order chi connectivity index (χ1) is 14.3. The van der Waals surface area contributed by atoms with E-state index in [1.807, 2.05) is 0 Å². The molecule has 0 aromatic heterocycles. The second kappa shape index (κ2) is 10.1. The predicted molar refractivity (Wildman–Crippen MR) is 124 cm³/mol. The molecule has 0 unspecified atom stereocenters. The minimum Gasteiger partial charge on any atom is -0.504 e. The van der Waals surface area contributed by atoms with Crippen molar-refractivity contribution in [1.29, 1.82) is 0 Å². The van der Waals surface area contributed by atoms with E-state index in [-0.39, 0.29) is 29.6 Å². The summed E-state index contributed by atoms with van der Waals surface area (Å²) in [4.78, 5) is 26.4. The lowest BCUT2D eigenvalue weighted by Gasteiger charge is -2.14. The van der Waals surface area contributed by atoms with Gasteiger partial charge in [-0.1, -0.05) is 23.7 Å². The van der Waals surface area contributed by atoms with E-state index in [0.29, 0.717) is 31.9 Å². The Balaban J connectivity index is 1.77. The number of imide groups is 1. The normalized spacial score (nSPS) is 15.2. The lowest BCUT2D eigenvalue weighted by molar-refractivity contribution is -0.123. The largest absolute Gasteiger partial charge is 0.504 e. The molecule has 0 bridgehead atoms. The molecule has 2 amide bonds. The van der Waals surface area contributed by atoms with Crippen molar-refractivity contribution in [2.24, 2.45) is 0 Å². The fraction of sp³-hybridized carbons (Fsp3) is 0.200. The van der Waals surface area contributed by atoms with Gasteiger partial charge in [0.05, 0.1) is 23.1 Å². The van der Waals surface area contributed by atoms with Crippen LogP contribution in [0.25, 0.3) is 6.08 Å². The van der Waals surface area contributed by atoms with Crippen LogP contribution < -0.4 is 9.47 Å². The summed E-state index contributed by atoms with van der Waals surface area (Å²) in [5, 5.41) is 10.6. The van der Waals surface area contributed by atoms with Gasteiger partial charge in [0.2, 0.25) is 0 Å². The number of para-hydroxylation sites is 1. The van der Waals surface area contributed by atoms with E-state index in [1.54, 1.807) is 37.3 Å². The van der Waals surface area contributed by atoms with Gasteiger partial charge in [-0.15, -0.1) is 0 Å². The highest BCUT2D eigenvalue weighted by Crippen LogP contribution is 2.43. The maximum absolute atomic E-state index is 12.7. The van der Waals surface area contributed by atoms with Crippen LogP contribution in [-0.4, -0.2) is 40.9 Å². The topological polar surface area (TPSA) is 76.1 Å². The molecule has 1 N–H and O–H groups in total. The summed E-state index contributed by atoms with van der Waals surface area (Å²) < 4.78 is 12.2. The average Bonchev–Trinajstić information content (AvgIpc) is 2.98. The lowest BCUT2D eigenvalue weighted by Crippen LogP contribution is -2.32. The third-order valence-corrected chi connectivity index (χ3v) is 7.28. The number of halogens is 3. The number of carbonyl (C=O) groups excluding carboxylic acids is 2. The lowest BCUT2D eigenvalue weighted by atomic mass is 10.1. The minimum absolute atomic E-state index is 0.0725. The van der Waals surface area contributed by atoms with Crippen LogP contribution in [0.5, 0.6) is 17.2 Å². The second-order valence-corrected chi connectivity index (χ2v) is 9.03. The Morgan fingerprint density at radius 1 is 1.20 bits per heavy atom. The monoisotopic (exact) mass is 575 g/mol. The Hall–Kier alpha value is -1.68. The first-order valence-corrected chi connectivity index (χ1v) is 11.6. The average molecular weight is 578 g/mol. The molecule has 2 aromatic rings. The van der Waals surface area contributed by atoms with E-state index in [4.69, 9.17) is 21.1 Å². The summed E-state index contributed by atoms with van der Waals surface area (Å²) in [6.45, 7) is 2.34. The molecular formula is C20H16Br2ClNO5S. The minimum atomic E-state index is -0.461. The van der Waals surface area contributed by atoms with Crippen LogP contribution in [0.2, 0.25) is 5.02 Å². The number of benzene rings is 2. The number of thioether (sulfide) groups is 1. The van der Waals surface area contributed by atoms with Gasteiger partial charge in [0.15, 0.2) is 11.5 Å². The number of amides is 2. The summed E-state index contributed by atoms with van der Waals surface area (Å²) in [6.07, 6.45) is 1.46. The van der Waals surface area contributed by atoms with Crippen molar-refractivity contribution in [2.45, 2.75) is 6.92 Å². The first-order valence-electron chi connectivity index (χ1n) is 8.80. The fourth-order valence-corrected chi connectivity index (χ4v) is 4.52. The van der Waals surface area contributed by atoms with E-state index in [1.165, 1.54) is 6.08 Å². The predicted octanol–water partition coefficient (Wildman–Crippen LogP) is 6.08. The number of phenolic OH excluding ortho intramolecular Hbond substituents is 1. The van der Waals surface area contributed by atoms with Crippen LogP contribution in [-0.2, 0) is 4.79 Å². The molecule has 3 rings (SSSR count). The highest BCUT2D eigenvalue weighted by Gasteiger charge is 2.35. The van der Waals surface area contributed by atoms with Gasteiger partial charge in [0.25, 0.3) is 11.1 Å². The number of rotatable bonds is 7. The maximum atomic E-state index is 12.7. The smallest absolute Gasteiger partial charge is 0.293 e. The third kappa shape index (κ3) is 4.96. The fourth-order valence-electron chi connectivity index (χ4n) is 2.64. The van der Waals surface area contributed by atoms with Crippen molar-refractivity contribution < 1.29 is 24.2 Å².